The molecule has 1 aliphatic heterocycles. The molecule has 1 aromatic heterocycles. The molecule has 2 aromatic rings. The molecule has 0 aliphatic carbocycles. The van der Waals surface area contributed by atoms with Crippen molar-refractivity contribution in [3.63, 3.8) is 0 Å². The second-order valence-corrected chi connectivity index (χ2v) is 5.28. The van der Waals surface area contributed by atoms with E-state index in [0.717, 1.165) is 22.8 Å². The van der Waals surface area contributed by atoms with Crippen molar-refractivity contribution in [2.75, 3.05) is 5.32 Å². The van der Waals surface area contributed by atoms with E-state index in [0.29, 0.717) is 11.1 Å². The van der Waals surface area contributed by atoms with Crippen LogP contribution < -0.4 is 10.6 Å². The Labute approximate surface area is 122 Å². The smallest absolute Gasteiger partial charge is 0.259 e. The number of benzene rings is 1. The van der Waals surface area contributed by atoms with Crippen molar-refractivity contribution in [2.45, 2.75) is 26.8 Å². The quantitative estimate of drug-likeness (QED) is 0.850. The molecule has 2 amide bonds. The molecule has 2 heterocycles. The fourth-order valence-electron chi connectivity index (χ4n) is 2.67. The molecular formula is C16H16N2O3. The molecule has 5 heteroatoms. The minimum atomic E-state index is -0.346. The van der Waals surface area contributed by atoms with E-state index in [1.54, 1.807) is 18.2 Å². The highest BCUT2D eigenvalue weighted by Crippen LogP contribution is 2.27. The van der Waals surface area contributed by atoms with Gasteiger partial charge < -0.3 is 9.73 Å². The van der Waals surface area contributed by atoms with Crippen LogP contribution in [0.25, 0.3) is 0 Å². The van der Waals surface area contributed by atoms with Gasteiger partial charge in [-0.2, -0.15) is 0 Å². The SMILES string of the molecule is Cc1cc(C(C)Nc2ccc3c(c2)C(=O)NC3=O)c(C)o1. The van der Waals surface area contributed by atoms with E-state index >= 15 is 0 Å². The van der Waals surface area contributed by atoms with Crippen LogP contribution in [0.15, 0.2) is 28.7 Å². The van der Waals surface area contributed by atoms with Crippen molar-refractivity contribution < 1.29 is 14.0 Å². The van der Waals surface area contributed by atoms with E-state index in [1.165, 1.54) is 0 Å². The summed E-state index contributed by atoms with van der Waals surface area (Å²) in [7, 11) is 0. The van der Waals surface area contributed by atoms with Crippen molar-refractivity contribution in [3.8, 4) is 0 Å². The van der Waals surface area contributed by atoms with E-state index < -0.39 is 0 Å². The zero-order chi connectivity index (χ0) is 15.1. The van der Waals surface area contributed by atoms with E-state index in [9.17, 15) is 9.59 Å². The predicted molar refractivity (Wildman–Crippen MR) is 78.5 cm³/mol. The molecule has 5 nitrogen and oxygen atoms in total. The first kappa shape index (κ1) is 13.4. The molecule has 1 aliphatic rings. The Morgan fingerprint density at radius 1 is 1.10 bits per heavy atom. The van der Waals surface area contributed by atoms with Crippen molar-refractivity contribution in [2.24, 2.45) is 0 Å². The number of nitrogens with one attached hydrogen (secondary N) is 2. The number of aryl methyl sites for hydroxylation is 2. The Bertz CT molecular complexity index is 746. The lowest BCUT2D eigenvalue weighted by atomic mass is 10.1. The molecule has 0 saturated heterocycles. The first-order chi connectivity index (χ1) is 9.95. The molecule has 0 bridgehead atoms. The minimum absolute atomic E-state index is 0.0423. The van der Waals surface area contributed by atoms with Gasteiger partial charge in [0.25, 0.3) is 11.8 Å². The summed E-state index contributed by atoms with van der Waals surface area (Å²) in [6.07, 6.45) is 0. The highest BCUT2D eigenvalue weighted by Gasteiger charge is 2.26. The predicted octanol–water partition coefficient (Wildman–Crippen LogP) is 2.95. The van der Waals surface area contributed by atoms with Gasteiger partial charge in [-0.15, -0.1) is 0 Å². The standard InChI is InChI=1S/C16H16N2O3/c1-8-6-13(10(3)21-8)9(2)17-11-4-5-12-14(7-11)16(20)18-15(12)19/h4-7,9,17H,1-3H3,(H,18,19,20). The molecule has 108 valence electrons. The summed E-state index contributed by atoms with van der Waals surface area (Å²) in [5, 5.41) is 5.61. The van der Waals surface area contributed by atoms with E-state index in [4.69, 9.17) is 4.42 Å². The largest absolute Gasteiger partial charge is 0.466 e. The summed E-state index contributed by atoms with van der Waals surface area (Å²) in [5.74, 6) is 1.06. The molecule has 0 spiro atoms. The van der Waals surface area contributed by atoms with E-state index in [1.807, 2.05) is 26.8 Å². The van der Waals surface area contributed by atoms with Crippen LogP contribution in [0.4, 0.5) is 5.69 Å². The van der Waals surface area contributed by atoms with Gasteiger partial charge in [-0.05, 0) is 45.0 Å². The van der Waals surface area contributed by atoms with Gasteiger partial charge in [0.05, 0.1) is 17.2 Å². The van der Waals surface area contributed by atoms with Crippen molar-refractivity contribution in [1.29, 1.82) is 0 Å². The molecule has 0 radical (unpaired) electrons. The lowest BCUT2D eigenvalue weighted by Gasteiger charge is -2.15. The zero-order valence-corrected chi connectivity index (χ0v) is 12.1. The summed E-state index contributed by atoms with van der Waals surface area (Å²) in [4.78, 5) is 23.2. The third-order valence-corrected chi connectivity index (χ3v) is 3.66. The van der Waals surface area contributed by atoms with Gasteiger partial charge in [-0.1, -0.05) is 0 Å². The first-order valence-corrected chi connectivity index (χ1v) is 6.79. The Morgan fingerprint density at radius 2 is 1.81 bits per heavy atom. The van der Waals surface area contributed by atoms with Gasteiger partial charge in [0.2, 0.25) is 0 Å². The molecule has 1 aromatic carbocycles. The number of fused-ring (bicyclic) bond motifs is 1. The van der Waals surface area contributed by atoms with Crippen LogP contribution in [0.3, 0.4) is 0 Å². The fourth-order valence-corrected chi connectivity index (χ4v) is 2.67. The molecule has 2 N–H and O–H groups in total. The molecule has 1 atom stereocenters. The number of carbonyl (C=O) groups excluding carboxylic acids is 2. The van der Waals surface area contributed by atoms with Crippen molar-refractivity contribution in [1.82, 2.24) is 5.32 Å². The van der Waals surface area contributed by atoms with Gasteiger partial charge in [-0.3, -0.25) is 14.9 Å². The number of furan rings is 1. The average molecular weight is 284 g/mol. The Balaban J connectivity index is 1.86. The summed E-state index contributed by atoms with van der Waals surface area (Å²) in [6, 6.07) is 7.21. The highest BCUT2D eigenvalue weighted by molar-refractivity contribution is 6.21. The number of hydrogen-bond acceptors (Lipinski definition) is 4. The summed E-state index contributed by atoms with van der Waals surface area (Å²) >= 11 is 0. The Hall–Kier alpha value is -2.56. The average Bonchev–Trinajstić information content (AvgIpc) is 2.90. The summed E-state index contributed by atoms with van der Waals surface area (Å²) in [6.45, 7) is 5.86. The van der Waals surface area contributed by atoms with Crippen LogP contribution in [-0.2, 0) is 0 Å². The molecule has 3 rings (SSSR count). The molecule has 0 saturated carbocycles. The monoisotopic (exact) mass is 284 g/mol. The maximum atomic E-state index is 11.7. The summed E-state index contributed by atoms with van der Waals surface area (Å²) < 4.78 is 5.53. The Kier molecular flexibility index (Phi) is 3.05. The van der Waals surface area contributed by atoms with Crippen LogP contribution in [0, 0.1) is 13.8 Å². The maximum absolute atomic E-state index is 11.7. The van der Waals surface area contributed by atoms with E-state index in [-0.39, 0.29) is 17.9 Å². The number of rotatable bonds is 3. The number of carbonyl (C=O) groups is 2. The van der Waals surface area contributed by atoms with Crippen LogP contribution >= 0.6 is 0 Å². The van der Waals surface area contributed by atoms with Crippen LogP contribution in [0.5, 0.6) is 0 Å². The topological polar surface area (TPSA) is 71.3 Å². The lowest BCUT2D eigenvalue weighted by molar-refractivity contribution is 0.0879. The second kappa shape index (κ2) is 4.77. The first-order valence-electron chi connectivity index (χ1n) is 6.79. The van der Waals surface area contributed by atoms with Gasteiger partial charge in [0.15, 0.2) is 0 Å². The van der Waals surface area contributed by atoms with Gasteiger partial charge in [0, 0.05) is 11.3 Å². The van der Waals surface area contributed by atoms with Crippen LogP contribution in [0.2, 0.25) is 0 Å². The third-order valence-electron chi connectivity index (χ3n) is 3.66. The van der Waals surface area contributed by atoms with Crippen molar-refractivity contribution >= 4 is 17.5 Å². The zero-order valence-electron chi connectivity index (χ0n) is 12.1. The highest BCUT2D eigenvalue weighted by atomic mass is 16.3. The molecule has 1 unspecified atom stereocenters. The van der Waals surface area contributed by atoms with E-state index in [2.05, 4.69) is 10.6 Å². The number of anilines is 1. The Morgan fingerprint density at radius 3 is 2.48 bits per heavy atom. The summed E-state index contributed by atoms with van der Waals surface area (Å²) in [5.41, 5.74) is 2.71. The van der Waals surface area contributed by atoms with Crippen molar-refractivity contribution in [3.05, 3.63) is 52.5 Å². The normalized spacial score (nSPS) is 14.8. The van der Waals surface area contributed by atoms with Gasteiger partial charge in [-0.25, -0.2) is 0 Å². The lowest BCUT2D eigenvalue weighted by Crippen LogP contribution is -2.19. The number of imide groups is 1. The van der Waals surface area contributed by atoms with Gasteiger partial charge >= 0.3 is 0 Å². The minimum Gasteiger partial charge on any atom is -0.466 e. The number of hydrogen-bond donors (Lipinski definition) is 2. The second-order valence-electron chi connectivity index (χ2n) is 5.28. The fraction of sp³-hybridized carbons (Fsp3) is 0.250. The molecule has 21 heavy (non-hydrogen) atoms. The maximum Gasteiger partial charge on any atom is 0.259 e. The molecule has 0 fully saturated rings. The number of amides is 2. The van der Waals surface area contributed by atoms with Crippen LogP contribution in [-0.4, -0.2) is 11.8 Å². The molecular weight excluding hydrogens is 268 g/mol. The third kappa shape index (κ3) is 2.31. The van der Waals surface area contributed by atoms with Crippen LogP contribution in [0.1, 0.15) is 50.8 Å². The van der Waals surface area contributed by atoms with Gasteiger partial charge in [0.1, 0.15) is 11.5 Å².